The zero-order chi connectivity index (χ0) is 40.5. The van der Waals surface area contributed by atoms with Crippen LogP contribution < -0.4 is 9.47 Å². The molecular formula is C44H64N2O11. The van der Waals surface area contributed by atoms with E-state index in [4.69, 9.17) is 38.4 Å². The first kappa shape index (κ1) is 44.4. The van der Waals surface area contributed by atoms with Crippen LogP contribution in [0.4, 0.5) is 4.79 Å². The summed E-state index contributed by atoms with van der Waals surface area (Å²) < 4.78 is 37.9. The van der Waals surface area contributed by atoms with Crippen molar-refractivity contribution in [3.05, 3.63) is 73.4 Å². The van der Waals surface area contributed by atoms with Crippen LogP contribution in [0.2, 0.25) is 0 Å². The number of amides is 1. The number of hydrogen-bond donors (Lipinski definition) is 3. The molecule has 3 N–H and O–H groups in total. The summed E-state index contributed by atoms with van der Waals surface area (Å²) in [6.45, 7) is 13.2. The van der Waals surface area contributed by atoms with Gasteiger partial charge in [0.1, 0.15) is 24.1 Å². The Kier molecular flexibility index (Phi) is 17.9. The molecule has 57 heavy (non-hydrogen) atoms. The van der Waals surface area contributed by atoms with Gasteiger partial charge in [-0.2, -0.15) is 0 Å². The van der Waals surface area contributed by atoms with Gasteiger partial charge in [0.2, 0.25) is 12.1 Å². The minimum Gasteiger partial charge on any atom is -0.490 e. The second kappa shape index (κ2) is 23.0. The third kappa shape index (κ3) is 11.1. The Morgan fingerprint density at radius 2 is 1.77 bits per heavy atom. The third-order valence-electron chi connectivity index (χ3n) is 11.3. The van der Waals surface area contributed by atoms with Gasteiger partial charge in [0.25, 0.3) is 0 Å². The molecule has 316 valence electrons. The summed E-state index contributed by atoms with van der Waals surface area (Å²) in [5, 5.41) is 34.1. The average Bonchev–Trinajstić information content (AvgIpc) is 3.23. The number of carbonyl (C=O) groups is 1. The number of carbonyl (C=O) groups excluding carboxylic acids is 1. The number of oxime groups is 1. The van der Waals surface area contributed by atoms with E-state index in [1.807, 2.05) is 18.2 Å². The number of unbranched alkanes of at least 4 members (excludes halogenated alkanes) is 2. The minimum atomic E-state index is -1.46. The molecular weight excluding hydrogens is 732 g/mol. The fourth-order valence-electron chi connectivity index (χ4n) is 8.83. The number of aliphatic hydroxyl groups excluding tert-OH is 3. The summed E-state index contributed by atoms with van der Waals surface area (Å²) in [5.74, 6) is -0.756. The first-order valence-electron chi connectivity index (χ1n) is 20.8. The zero-order valence-corrected chi connectivity index (χ0v) is 33.5. The van der Waals surface area contributed by atoms with Crippen molar-refractivity contribution in [3.8, 4) is 11.5 Å². The molecule has 5 rings (SSSR count). The van der Waals surface area contributed by atoms with Crippen LogP contribution in [0.15, 0.2) is 73.0 Å². The summed E-state index contributed by atoms with van der Waals surface area (Å²) in [7, 11) is 0. The van der Waals surface area contributed by atoms with Gasteiger partial charge in [-0.15, -0.1) is 13.2 Å². The highest BCUT2D eigenvalue weighted by Crippen LogP contribution is 2.62. The lowest BCUT2D eigenvalue weighted by molar-refractivity contribution is -0.256. The van der Waals surface area contributed by atoms with E-state index < -0.39 is 30.1 Å². The van der Waals surface area contributed by atoms with Crippen molar-refractivity contribution < 1.29 is 53.4 Å². The molecule has 0 radical (unpaired) electrons. The van der Waals surface area contributed by atoms with E-state index in [0.717, 1.165) is 49.7 Å². The first-order valence-corrected chi connectivity index (χ1v) is 20.8. The van der Waals surface area contributed by atoms with Crippen LogP contribution in [-0.2, 0) is 23.8 Å². The van der Waals surface area contributed by atoms with Crippen molar-refractivity contribution in [2.24, 2.45) is 22.9 Å². The quantitative estimate of drug-likeness (QED) is 0.0569. The molecule has 2 aliphatic heterocycles. The van der Waals surface area contributed by atoms with Gasteiger partial charge in [-0.05, 0) is 80.6 Å². The largest absolute Gasteiger partial charge is 0.490 e. The molecule has 1 aromatic rings. The van der Waals surface area contributed by atoms with Crippen LogP contribution in [0, 0.1) is 17.8 Å². The molecule has 0 aromatic heterocycles. The molecule has 2 aliphatic carbocycles. The first-order chi connectivity index (χ1) is 28.0. The van der Waals surface area contributed by atoms with Crippen molar-refractivity contribution in [1.82, 2.24) is 4.90 Å². The van der Waals surface area contributed by atoms with Crippen molar-refractivity contribution in [2.45, 2.75) is 94.7 Å². The van der Waals surface area contributed by atoms with Gasteiger partial charge < -0.3 is 48.6 Å². The van der Waals surface area contributed by atoms with E-state index in [2.05, 4.69) is 25.8 Å². The SMILES string of the molecule is C=CCCOC(=O)N(CCOCCO)C1CC(=NOC2CCCCO2)C2=CC(CCCCO)C(CCCCO)C3c4cc(OCC=C)ccc4OC1(OCC=C)C23. The fraction of sp³-hybridized carbons (Fsp3) is 0.636. The lowest BCUT2D eigenvalue weighted by Gasteiger charge is -2.59. The van der Waals surface area contributed by atoms with Crippen molar-refractivity contribution in [1.29, 1.82) is 0 Å². The van der Waals surface area contributed by atoms with Crippen molar-refractivity contribution in [3.63, 3.8) is 0 Å². The summed E-state index contributed by atoms with van der Waals surface area (Å²) in [5.41, 5.74) is 2.53. The lowest BCUT2D eigenvalue weighted by atomic mass is 9.55. The van der Waals surface area contributed by atoms with Gasteiger partial charge in [-0.1, -0.05) is 48.9 Å². The Labute approximate surface area is 337 Å². The molecule has 1 amide bonds. The van der Waals surface area contributed by atoms with Gasteiger partial charge in [0, 0.05) is 44.1 Å². The Morgan fingerprint density at radius 1 is 0.965 bits per heavy atom. The molecule has 0 bridgehead atoms. The van der Waals surface area contributed by atoms with E-state index in [0.29, 0.717) is 56.1 Å². The lowest BCUT2D eigenvalue weighted by Crippen LogP contribution is -2.70. The number of hydrogen-bond acceptors (Lipinski definition) is 12. The number of nitrogens with zero attached hydrogens (tertiary/aromatic N) is 2. The Morgan fingerprint density at radius 3 is 2.49 bits per heavy atom. The van der Waals surface area contributed by atoms with E-state index in [1.165, 1.54) is 0 Å². The molecule has 2 fully saturated rings. The van der Waals surface area contributed by atoms with Crippen LogP contribution in [0.5, 0.6) is 11.5 Å². The van der Waals surface area contributed by atoms with E-state index in [1.54, 1.807) is 23.1 Å². The summed E-state index contributed by atoms with van der Waals surface area (Å²) >= 11 is 0. The Bertz CT molecular complexity index is 1510. The maximum atomic E-state index is 14.3. The topological polar surface area (TPSA) is 158 Å². The number of benzene rings is 1. The highest BCUT2D eigenvalue weighted by molar-refractivity contribution is 6.03. The van der Waals surface area contributed by atoms with E-state index in [9.17, 15) is 20.1 Å². The summed E-state index contributed by atoms with van der Waals surface area (Å²) in [6, 6.07) is 5.04. The Balaban J connectivity index is 1.75. The van der Waals surface area contributed by atoms with Crippen LogP contribution in [0.3, 0.4) is 0 Å². The maximum absolute atomic E-state index is 14.3. The molecule has 1 aromatic carbocycles. The number of rotatable bonds is 25. The van der Waals surface area contributed by atoms with Gasteiger partial charge in [0.05, 0.1) is 51.3 Å². The predicted molar refractivity (Wildman–Crippen MR) is 216 cm³/mol. The van der Waals surface area contributed by atoms with Gasteiger partial charge in [0.15, 0.2) is 0 Å². The fourth-order valence-corrected chi connectivity index (χ4v) is 8.83. The van der Waals surface area contributed by atoms with E-state index in [-0.39, 0.29) is 77.0 Å². The zero-order valence-electron chi connectivity index (χ0n) is 33.5. The average molecular weight is 797 g/mol. The van der Waals surface area contributed by atoms with Crippen LogP contribution in [0.25, 0.3) is 0 Å². The normalized spacial score (nSPS) is 26.9. The van der Waals surface area contributed by atoms with Crippen molar-refractivity contribution >= 4 is 11.8 Å². The number of aliphatic hydroxyl groups is 3. The van der Waals surface area contributed by atoms with Crippen molar-refractivity contribution in [2.75, 3.05) is 66.0 Å². The molecule has 1 saturated carbocycles. The van der Waals surface area contributed by atoms with Gasteiger partial charge in [-0.3, -0.25) is 4.90 Å². The van der Waals surface area contributed by atoms with Crippen LogP contribution >= 0.6 is 0 Å². The second-order valence-corrected chi connectivity index (χ2v) is 15.0. The third-order valence-corrected chi connectivity index (χ3v) is 11.3. The number of fused-ring (bicyclic) bond motifs is 2. The highest BCUT2D eigenvalue weighted by Gasteiger charge is 2.65. The molecule has 0 spiro atoms. The molecule has 13 heteroatoms. The monoisotopic (exact) mass is 796 g/mol. The van der Waals surface area contributed by atoms with Crippen LogP contribution in [0.1, 0.15) is 82.1 Å². The smallest absolute Gasteiger partial charge is 0.410 e. The second-order valence-electron chi connectivity index (χ2n) is 15.0. The maximum Gasteiger partial charge on any atom is 0.410 e. The number of allylic oxidation sites excluding steroid dienone is 1. The highest BCUT2D eigenvalue weighted by atomic mass is 16.8. The number of ether oxygens (including phenoxy) is 6. The summed E-state index contributed by atoms with van der Waals surface area (Å²) in [6.07, 6.45) is 14.2. The molecule has 1 saturated heterocycles. The molecule has 4 aliphatic rings. The Hall–Kier alpha value is -3.72. The van der Waals surface area contributed by atoms with Crippen LogP contribution in [-0.4, -0.2) is 116 Å². The van der Waals surface area contributed by atoms with Gasteiger partial charge in [-0.25, -0.2) is 4.79 Å². The predicted octanol–water partition coefficient (Wildman–Crippen LogP) is 6.44. The molecule has 2 heterocycles. The van der Waals surface area contributed by atoms with Gasteiger partial charge >= 0.3 is 6.09 Å². The molecule has 13 nitrogen and oxygen atoms in total. The summed E-state index contributed by atoms with van der Waals surface area (Å²) in [4.78, 5) is 22.1. The molecule has 7 atom stereocenters. The molecule has 7 unspecified atom stereocenters. The standard InChI is InChI=1S/C44H64N2O11/c1-4-7-25-54-43(50)46(19-27-51-28-22-49)39-31-37(45-57-40-16-10-13-26-53-40)35-29-32(14-8-11-20-47)34(15-9-12-21-48)41-36-30-33(52-23-5-2)17-18-38(36)56-44(39,42(35)41)55-24-6-3/h4-6,17-18,29-30,32,34,39-42,47-49H,1-3,7-16,19-28,31H2. The minimum absolute atomic E-state index is 0.0523. The van der Waals surface area contributed by atoms with E-state index >= 15 is 0 Å².